The number of aromatic nitrogens is 1. The van der Waals surface area contributed by atoms with Gasteiger partial charge >= 0.3 is 0 Å². The molecule has 2 heterocycles. The number of para-hydroxylation sites is 1. The number of furan rings is 1. The fourth-order valence-electron chi connectivity index (χ4n) is 7.02. The van der Waals surface area contributed by atoms with Crippen LogP contribution in [0, 0.1) is 0 Å². The second kappa shape index (κ2) is 10.1. The van der Waals surface area contributed by atoms with Crippen LogP contribution in [0.25, 0.3) is 76.8 Å². The summed E-state index contributed by atoms with van der Waals surface area (Å²) in [5.74, 6) is 0.616. The van der Waals surface area contributed by atoms with E-state index in [0.29, 0.717) is 5.89 Å². The molecule has 220 valence electrons. The quantitative estimate of drug-likeness (QED) is 0.188. The first-order chi connectivity index (χ1) is 23.3. The normalized spacial score (nSPS) is 11.8. The lowest BCUT2D eigenvalue weighted by atomic mass is 9.99. The van der Waals surface area contributed by atoms with Crippen LogP contribution in [0.1, 0.15) is 0 Å². The minimum absolute atomic E-state index is 0.616. The van der Waals surface area contributed by atoms with Crippen LogP contribution in [0.3, 0.4) is 0 Å². The molecule has 10 rings (SSSR count). The number of rotatable bonds is 4. The molecule has 4 heteroatoms. The topological polar surface area (TPSA) is 42.4 Å². The van der Waals surface area contributed by atoms with E-state index in [4.69, 9.17) is 13.8 Å². The van der Waals surface area contributed by atoms with E-state index in [-0.39, 0.29) is 0 Å². The summed E-state index contributed by atoms with van der Waals surface area (Å²) >= 11 is 0. The van der Waals surface area contributed by atoms with Gasteiger partial charge < -0.3 is 13.7 Å². The maximum atomic E-state index is 6.63. The number of hydrogen-bond acceptors (Lipinski definition) is 4. The van der Waals surface area contributed by atoms with Gasteiger partial charge in [-0.2, -0.15) is 0 Å². The van der Waals surface area contributed by atoms with Crippen molar-refractivity contribution in [3.05, 3.63) is 158 Å². The Balaban J connectivity index is 1.25. The molecular formula is C43H26N2O2. The van der Waals surface area contributed by atoms with Crippen molar-refractivity contribution in [3.63, 3.8) is 0 Å². The van der Waals surface area contributed by atoms with Crippen molar-refractivity contribution in [1.82, 2.24) is 4.98 Å². The predicted molar refractivity (Wildman–Crippen MR) is 194 cm³/mol. The van der Waals surface area contributed by atoms with E-state index < -0.39 is 0 Å². The molecule has 0 saturated heterocycles. The summed E-state index contributed by atoms with van der Waals surface area (Å²) in [7, 11) is 0. The Morgan fingerprint density at radius 3 is 1.89 bits per heavy atom. The minimum Gasteiger partial charge on any atom is -0.456 e. The zero-order valence-corrected chi connectivity index (χ0v) is 25.2. The Hall–Kier alpha value is -6.39. The average Bonchev–Trinajstić information content (AvgIpc) is 3.75. The smallest absolute Gasteiger partial charge is 0.227 e. The molecule has 0 aliphatic carbocycles. The lowest BCUT2D eigenvalue weighted by molar-refractivity contribution is 0.623. The number of nitrogens with zero attached hydrogens (tertiary/aromatic N) is 2. The van der Waals surface area contributed by atoms with Crippen molar-refractivity contribution in [2.75, 3.05) is 4.90 Å². The number of benzene rings is 8. The second-order valence-corrected chi connectivity index (χ2v) is 12.0. The van der Waals surface area contributed by atoms with Gasteiger partial charge in [0.05, 0.1) is 0 Å². The third-order valence-electron chi connectivity index (χ3n) is 9.24. The molecule has 0 saturated carbocycles. The van der Waals surface area contributed by atoms with Crippen molar-refractivity contribution in [1.29, 1.82) is 0 Å². The van der Waals surface area contributed by atoms with Crippen LogP contribution < -0.4 is 4.90 Å². The van der Waals surface area contributed by atoms with E-state index in [2.05, 4.69) is 120 Å². The first-order valence-electron chi connectivity index (χ1n) is 15.8. The molecule has 0 unspecified atom stereocenters. The van der Waals surface area contributed by atoms with Crippen molar-refractivity contribution in [2.45, 2.75) is 0 Å². The van der Waals surface area contributed by atoms with Gasteiger partial charge in [0.2, 0.25) is 5.89 Å². The summed E-state index contributed by atoms with van der Waals surface area (Å²) in [5.41, 5.74) is 7.41. The highest BCUT2D eigenvalue weighted by Crippen LogP contribution is 2.43. The first kappa shape index (κ1) is 25.9. The highest BCUT2D eigenvalue weighted by atomic mass is 16.3. The first-order valence-corrected chi connectivity index (χ1v) is 15.8. The van der Waals surface area contributed by atoms with Gasteiger partial charge in [-0.05, 0) is 76.1 Å². The number of anilines is 3. The molecule has 8 aromatic carbocycles. The SMILES string of the molecule is c1ccc(-c2nc3c4ccccc4c4ccc(N(c5ccc6ccccc6c5)c5ccc6c(c5)oc5ccccc56)cc4c3o2)cc1. The fraction of sp³-hybridized carbons (Fsp3) is 0. The zero-order chi connectivity index (χ0) is 30.9. The summed E-state index contributed by atoms with van der Waals surface area (Å²) in [5, 5.41) is 8.96. The molecule has 0 bridgehead atoms. The van der Waals surface area contributed by atoms with Crippen LogP contribution >= 0.6 is 0 Å². The number of fused-ring (bicyclic) bond motifs is 10. The van der Waals surface area contributed by atoms with Crippen LogP contribution in [0.4, 0.5) is 17.1 Å². The number of hydrogen-bond donors (Lipinski definition) is 0. The van der Waals surface area contributed by atoms with Gasteiger partial charge in [0, 0.05) is 50.2 Å². The number of oxazole rings is 1. The van der Waals surface area contributed by atoms with Crippen molar-refractivity contribution < 1.29 is 8.83 Å². The van der Waals surface area contributed by atoms with Crippen LogP contribution in [-0.2, 0) is 0 Å². The second-order valence-electron chi connectivity index (χ2n) is 12.0. The van der Waals surface area contributed by atoms with Gasteiger partial charge in [0.15, 0.2) is 5.58 Å². The zero-order valence-electron chi connectivity index (χ0n) is 25.2. The van der Waals surface area contributed by atoms with E-state index in [0.717, 1.165) is 77.2 Å². The molecule has 0 atom stereocenters. The van der Waals surface area contributed by atoms with Crippen LogP contribution in [-0.4, -0.2) is 4.98 Å². The molecular weight excluding hydrogens is 576 g/mol. The Bertz CT molecular complexity index is 2810. The summed E-state index contributed by atoms with van der Waals surface area (Å²) in [6, 6.07) is 55.0. The monoisotopic (exact) mass is 602 g/mol. The van der Waals surface area contributed by atoms with Crippen LogP contribution in [0.2, 0.25) is 0 Å². The van der Waals surface area contributed by atoms with Crippen LogP contribution in [0.15, 0.2) is 167 Å². The molecule has 2 aromatic heterocycles. The predicted octanol–water partition coefficient (Wildman–Crippen LogP) is 12.3. The summed E-state index contributed by atoms with van der Waals surface area (Å²) in [6.07, 6.45) is 0. The summed E-state index contributed by atoms with van der Waals surface area (Å²) in [4.78, 5) is 7.35. The lowest BCUT2D eigenvalue weighted by Crippen LogP contribution is -2.10. The van der Waals surface area contributed by atoms with E-state index in [1.807, 2.05) is 42.5 Å². The van der Waals surface area contributed by atoms with E-state index in [1.54, 1.807) is 0 Å². The Morgan fingerprint density at radius 1 is 0.404 bits per heavy atom. The average molecular weight is 603 g/mol. The molecule has 47 heavy (non-hydrogen) atoms. The maximum absolute atomic E-state index is 6.63. The van der Waals surface area contributed by atoms with E-state index in [1.165, 1.54) is 10.8 Å². The Morgan fingerprint density at radius 2 is 1.02 bits per heavy atom. The molecule has 0 amide bonds. The minimum atomic E-state index is 0.616. The largest absolute Gasteiger partial charge is 0.456 e. The molecule has 0 fully saturated rings. The van der Waals surface area contributed by atoms with E-state index in [9.17, 15) is 0 Å². The molecule has 0 aliphatic heterocycles. The van der Waals surface area contributed by atoms with Crippen molar-refractivity contribution in [3.8, 4) is 11.5 Å². The van der Waals surface area contributed by atoms with Crippen molar-refractivity contribution in [2.24, 2.45) is 0 Å². The van der Waals surface area contributed by atoms with Crippen LogP contribution in [0.5, 0.6) is 0 Å². The van der Waals surface area contributed by atoms with E-state index >= 15 is 0 Å². The Labute approximate surface area is 269 Å². The third-order valence-corrected chi connectivity index (χ3v) is 9.24. The third kappa shape index (κ3) is 4.05. The molecule has 0 radical (unpaired) electrons. The highest BCUT2D eigenvalue weighted by molar-refractivity contribution is 6.23. The molecule has 0 spiro atoms. The van der Waals surface area contributed by atoms with Gasteiger partial charge in [0.25, 0.3) is 0 Å². The highest BCUT2D eigenvalue weighted by Gasteiger charge is 2.20. The maximum Gasteiger partial charge on any atom is 0.227 e. The molecule has 0 N–H and O–H groups in total. The standard InChI is InChI=1S/C43H26N2O2/c1-2-11-28(12-3-1)43-44-41-37-16-7-6-14-33(37)34-22-20-31(25-38(34)42(41)47-43)45(30-19-18-27-10-4-5-13-29(27)24-30)32-21-23-36-35-15-8-9-17-39(35)46-40(36)26-32/h1-26H. The lowest BCUT2D eigenvalue weighted by Gasteiger charge is -2.26. The van der Waals surface area contributed by atoms with Gasteiger partial charge in [-0.1, -0.05) is 97.1 Å². The Kier molecular flexibility index (Phi) is 5.54. The van der Waals surface area contributed by atoms with Gasteiger partial charge in [-0.3, -0.25) is 0 Å². The van der Waals surface area contributed by atoms with Gasteiger partial charge in [-0.25, -0.2) is 4.98 Å². The summed E-state index contributed by atoms with van der Waals surface area (Å²) in [6.45, 7) is 0. The van der Waals surface area contributed by atoms with Crippen molar-refractivity contribution >= 4 is 82.4 Å². The fourth-order valence-corrected chi connectivity index (χ4v) is 7.02. The molecule has 4 nitrogen and oxygen atoms in total. The summed E-state index contributed by atoms with van der Waals surface area (Å²) < 4.78 is 13.0. The molecule has 10 aromatic rings. The van der Waals surface area contributed by atoms with Gasteiger partial charge in [0.1, 0.15) is 16.7 Å². The molecule has 0 aliphatic rings. The van der Waals surface area contributed by atoms with Gasteiger partial charge in [-0.15, -0.1) is 0 Å².